The summed E-state index contributed by atoms with van der Waals surface area (Å²) in [5.74, 6) is 0.989. The van der Waals surface area contributed by atoms with Gasteiger partial charge in [0.25, 0.3) is 0 Å². The zero-order valence-electron chi connectivity index (χ0n) is 14.2. The molecule has 0 radical (unpaired) electrons. The highest BCUT2D eigenvalue weighted by atomic mass is 16.5. The zero-order valence-corrected chi connectivity index (χ0v) is 14.2. The molecule has 0 amide bonds. The third-order valence-electron chi connectivity index (χ3n) is 3.62. The number of nitrogens with one attached hydrogen (secondary N) is 1. The summed E-state index contributed by atoms with van der Waals surface area (Å²) in [7, 11) is 0. The predicted octanol–water partition coefficient (Wildman–Crippen LogP) is 2.76. The van der Waals surface area contributed by atoms with E-state index in [2.05, 4.69) is 39.8 Å². The van der Waals surface area contributed by atoms with Crippen LogP contribution < -0.4 is 5.32 Å². The van der Waals surface area contributed by atoms with Crippen LogP contribution in [-0.4, -0.2) is 53.8 Å². The smallest absolute Gasteiger partial charge is 0.203 e. The van der Waals surface area contributed by atoms with Gasteiger partial charge in [0.05, 0.1) is 5.69 Å². The Kier molecular flexibility index (Phi) is 9.10. The predicted molar refractivity (Wildman–Crippen MR) is 89.0 cm³/mol. The van der Waals surface area contributed by atoms with Gasteiger partial charge in [0.2, 0.25) is 5.95 Å². The molecule has 0 spiro atoms. The number of imidazole rings is 1. The third-order valence-corrected chi connectivity index (χ3v) is 3.62. The van der Waals surface area contributed by atoms with Gasteiger partial charge in [0.15, 0.2) is 0 Å². The standard InChI is InChI=1S/C16H32N4O/c1-5-19(6-2)11-8-10-17-16-18-15(4)14-20(16)12-9-13-21-7-3/h14H,5-13H2,1-4H3,(H,17,18). The number of nitrogens with zero attached hydrogens (tertiary/aromatic N) is 3. The van der Waals surface area contributed by atoms with Gasteiger partial charge in [-0.15, -0.1) is 0 Å². The van der Waals surface area contributed by atoms with E-state index in [1.807, 2.05) is 13.8 Å². The van der Waals surface area contributed by atoms with Crippen molar-refractivity contribution in [3.05, 3.63) is 11.9 Å². The monoisotopic (exact) mass is 296 g/mol. The molecule has 0 saturated carbocycles. The molecule has 1 aromatic heterocycles. The first-order valence-electron chi connectivity index (χ1n) is 8.28. The highest BCUT2D eigenvalue weighted by molar-refractivity contribution is 5.28. The van der Waals surface area contributed by atoms with Crippen LogP contribution in [0.1, 0.15) is 39.3 Å². The zero-order chi connectivity index (χ0) is 15.5. The van der Waals surface area contributed by atoms with Crippen LogP contribution in [0.15, 0.2) is 6.20 Å². The minimum Gasteiger partial charge on any atom is -0.382 e. The van der Waals surface area contributed by atoms with Gasteiger partial charge < -0.3 is 19.5 Å². The van der Waals surface area contributed by atoms with Gasteiger partial charge in [-0.1, -0.05) is 13.8 Å². The van der Waals surface area contributed by atoms with Crippen LogP contribution in [0.25, 0.3) is 0 Å². The molecule has 5 heteroatoms. The molecule has 0 aliphatic carbocycles. The molecule has 5 nitrogen and oxygen atoms in total. The highest BCUT2D eigenvalue weighted by Crippen LogP contribution is 2.09. The van der Waals surface area contributed by atoms with Gasteiger partial charge in [-0.25, -0.2) is 4.98 Å². The SMILES string of the molecule is CCOCCCn1cc(C)nc1NCCCN(CC)CC. The van der Waals surface area contributed by atoms with Crippen molar-refractivity contribution in [3.8, 4) is 0 Å². The molecule has 0 unspecified atom stereocenters. The summed E-state index contributed by atoms with van der Waals surface area (Å²) in [5.41, 5.74) is 1.07. The lowest BCUT2D eigenvalue weighted by Gasteiger charge is -2.18. The van der Waals surface area contributed by atoms with E-state index in [1.54, 1.807) is 0 Å². The number of rotatable bonds is 12. The molecule has 1 aromatic rings. The van der Waals surface area contributed by atoms with E-state index < -0.39 is 0 Å². The second kappa shape index (κ2) is 10.6. The fraction of sp³-hybridized carbons (Fsp3) is 0.812. The van der Waals surface area contributed by atoms with Gasteiger partial charge in [0.1, 0.15) is 0 Å². The quantitative estimate of drug-likeness (QED) is 0.602. The second-order valence-electron chi connectivity index (χ2n) is 5.26. The Morgan fingerprint density at radius 2 is 2.00 bits per heavy atom. The Balaban J connectivity index is 2.33. The van der Waals surface area contributed by atoms with Crippen molar-refractivity contribution >= 4 is 5.95 Å². The van der Waals surface area contributed by atoms with Crippen LogP contribution in [0, 0.1) is 6.92 Å². The number of aryl methyl sites for hydroxylation is 2. The number of hydrogen-bond donors (Lipinski definition) is 1. The van der Waals surface area contributed by atoms with E-state index in [9.17, 15) is 0 Å². The van der Waals surface area contributed by atoms with Gasteiger partial charge in [-0.2, -0.15) is 0 Å². The first-order chi connectivity index (χ1) is 10.2. The van der Waals surface area contributed by atoms with Gasteiger partial charge in [-0.3, -0.25) is 0 Å². The summed E-state index contributed by atoms with van der Waals surface area (Å²) in [6, 6.07) is 0. The lowest BCUT2D eigenvalue weighted by molar-refractivity contribution is 0.142. The average molecular weight is 296 g/mol. The topological polar surface area (TPSA) is 42.3 Å². The van der Waals surface area contributed by atoms with E-state index in [1.165, 1.54) is 0 Å². The maximum absolute atomic E-state index is 5.39. The van der Waals surface area contributed by atoms with Crippen LogP contribution in [-0.2, 0) is 11.3 Å². The normalized spacial score (nSPS) is 11.3. The van der Waals surface area contributed by atoms with E-state index >= 15 is 0 Å². The molecule has 0 aromatic carbocycles. The molecule has 0 saturated heterocycles. The molecular formula is C16H32N4O. The van der Waals surface area contributed by atoms with Crippen LogP contribution >= 0.6 is 0 Å². The summed E-state index contributed by atoms with van der Waals surface area (Å²) < 4.78 is 7.59. The molecule has 1 N–H and O–H groups in total. The summed E-state index contributed by atoms with van der Waals surface area (Å²) in [6.45, 7) is 15.4. The van der Waals surface area contributed by atoms with E-state index in [0.29, 0.717) is 0 Å². The van der Waals surface area contributed by atoms with Gasteiger partial charge >= 0.3 is 0 Å². The van der Waals surface area contributed by atoms with Crippen molar-refractivity contribution in [2.75, 3.05) is 44.7 Å². The van der Waals surface area contributed by atoms with E-state index in [4.69, 9.17) is 4.74 Å². The Morgan fingerprint density at radius 3 is 2.67 bits per heavy atom. The van der Waals surface area contributed by atoms with Crippen molar-refractivity contribution in [2.45, 2.75) is 47.1 Å². The Morgan fingerprint density at radius 1 is 1.24 bits per heavy atom. The Hall–Kier alpha value is -1.07. The second-order valence-corrected chi connectivity index (χ2v) is 5.26. The average Bonchev–Trinajstić information content (AvgIpc) is 2.84. The van der Waals surface area contributed by atoms with Crippen molar-refractivity contribution in [1.29, 1.82) is 0 Å². The van der Waals surface area contributed by atoms with Crippen molar-refractivity contribution in [1.82, 2.24) is 14.5 Å². The molecule has 0 aliphatic rings. The van der Waals surface area contributed by atoms with E-state index in [0.717, 1.165) is 70.4 Å². The number of anilines is 1. The minimum atomic E-state index is 0.791. The molecule has 1 rings (SSSR count). The molecule has 0 aliphatic heterocycles. The number of ether oxygens (including phenoxy) is 1. The lowest BCUT2D eigenvalue weighted by Crippen LogP contribution is -2.25. The van der Waals surface area contributed by atoms with Gasteiger partial charge in [0, 0.05) is 32.5 Å². The van der Waals surface area contributed by atoms with Crippen LogP contribution in [0.5, 0.6) is 0 Å². The fourth-order valence-electron chi connectivity index (χ4n) is 2.38. The van der Waals surface area contributed by atoms with Gasteiger partial charge in [-0.05, 0) is 46.3 Å². The molecule has 0 bridgehead atoms. The minimum absolute atomic E-state index is 0.791. The van der Waals surface area contributed by atoms with Crippen LogP contribution in [0.4, 0.5) is 5.95 Å². The molecule has 21 heavy (non-hydrogen) atoms. The Labute approximate surface area is 129 Å². The molecule has 1 heterocycles. The molecule has 122 valence electrons. The summed E-state index contributed by atoms with van der Waals surface area (Å²) >= 11 is 0. The highest BCUT2D eigenvalue weighted by Gasteiger charge is 2.05. The maximum atomic E-state index is 5.39. The van der Waals surface area contributed by atoms with Crippen molar-refractivity contribution in [2.24, 2.45) is 0 Å². The van der Waals surface area contributed by atoms with E-state index in [-0.39, 0.29) is 0 Å². The third kappa shape index (κ3) is 6.96. The Bertz CT molecular complexity index is 374. The number of hydrogen-bond acceptors (Lipinski definition) is 4. The molecule has 0 fully saturated rings. The number of aromatic nitrogens is 2. The first-order valence-corrected chi connectivity index (χ1v) is 8.28. The fourth-order valence-corrected chi connectivity index (χ4v) is 2.38. The molecular weight excluding hydrogens is 264 g/mol. The molecule has 0 atom stereocenters. The summed E-state index contributed by atoms with van der Waals surface area (Å²) in [6.07, 6.45) is 4.28. The van der Waals surface area contributed by atoms with Crippen LogP contribution in [0.3, 0.4) is 0 Å². The maximum Gasteiger partial charge on any atom is 0.203 e. The van der Waals surface area contributed by atoms with Crippen molar-refractivity contribution in [3.63, 3.8) is 0 Å². The first kappa shape index (κ1) is 18.0. The summed E-state index contributed by atoms with van der Waals surface area (Å²) in [4.78, 5) is 7.01. The largest absolute Gasteiger partial charge is 0.382 e. The summed E-state index contributed by atoms with van der Waals surface area (Å²) in [5, 5.41) is 3.46. The lowest BCUT2D eigenvalue weighted by atomic mass is 10.3. The van der Waals surface area contributed by atoms with Crippen LogP contribution in [0.2, 0.25) is 0 Å². The van der Waals surface area contributed by atoms with Crippen molar-refractivity contribution < 1.29 is 4.74 Å².